The van der Waals surface area contributed by atoms with E-state index in [2.05, 4.69) is 36.5 Å². The highest BCUT2D eigenvalue weighted by Crippen LogP contribution is 2.32. The molecule has 2 aliphatic heterocycles. The Bertz CT molecular complexity index is 832. The van der Waals surface area contributed by atoms with E-state index < -0.39 is 0 Å². The number of piperazine rings is 1. The van der Waals surface area contributed by atoms with Crippen LogP contribution in [-0.2, 0) is 17.8 Å². The van der Waals surface area contributed by atoms with Crippen molar-refractivity contribution < 1.29 is 24.1 Å². The van der Waals surface area contributed by atoms with E-state index in [0.717, 1.165) is 56.3 Å². The molecular formula is C22H29N3O3+2. The van der Waals surface area contributed by atoms with Crippen LogP contribution in [0.5, 0.6) is 11.5 Å². The van der Waals surface area contributed by atoms with Crippen LogP contribution in [0, 0.1) is 0 Å². The Labute approximate surface area is 166 Å². The number of hydrogen-bond acceptors (Lipinski definition) is 3. The first-order valence-electron chi connectivity index (χ1n) is 10.1. The SMILES string of the molecule is CCc1cccc(NC(=O)C[NH+]2CC[NH+](Cc3ccc4c(c3)OCO4)CC2)c1. The number of benzene rings is 2. The van der Waals surface area contributed by atoms with E-state index in [1.54, 1.807) is 4.90 Å². The summed E-state index contributed by atoms with van der Waals surface area (Å²) >= 11 is 0. The van der Waals surface area contributed by atoms with Gasteiger partial charge in [0.05, 0.1) is 0 Å². The minimum Gasteiger partial charge on any atom is -0.454 e. The van der Waals surface area contributed by atoms with Gasteiger partial charge in [-0.2, -0.15) is 0 Å². The van der Waals surface area contributed by atoms with Gasteiger partial charge in [-0.05, 0) is 42.3 Å². The molecule has 0 radical (unpaired) electrons. The fourth-order valence-electron chi connectivity index (χ4n) is 3.95. The zero-order chi connectivity index (χ0) is 19.3. The molecule has 2 aromatic carbocycles. The summed E-state index contributed by atoms with van der Waals surface area (Å²) in [5, 5.41) is 3.05. The van der Waals surface area contributed by atoms with Crippen molar-refractivity contribution in [3.05, 3.63) is 53.6 Å². The lowest BCUT2D eigenvalue weighted by Crippen LogP contribution is -3.28. The summed E-state index contributed by atoms with van der Waals surface area (Å²) in [6.45, 7) is 8.14. The second kappa shape index (κ2) is 8.63. The number of nitrogens with one attached hydrogen (secondary N) is 3. The van der Waals surface area contributed by atoms with Crippen molar-refractivity contribution in [3.63, 3.8) is 0 Å². The molecule has 6 heteroatoms. The van der Waals surface area contributed by atoms with Gasteiger partial charge in [-0.25, -0.2) is 0 Å². The standard InChI is InChI=1S/C22H27N3O3/c1-2-17-4-3-5-19(12-17)23-22(26)15-25-10-8-24(9-11-25)14-18-6-7-20-21(13-18)28-16-27-20/h3-7,12-13H,2,8-11,14-16H2,1H3,(H,23,26)/p+2. The maximum Gasteiger partial charge on any atom is 0.279 e. The Kier molecular flexibility index (Phi) is 5.78. The number of aryl methyl sites for hydroxylation is 1. The Morgan fingerprint density at radius 2 is 1.75 bits per heavy atom. The first-order valence-corrected chi connectivity index (χ1v) is 10.1. The van der Waals surface area contributed by atoms with E-state index in [1.807, 2.05) is 18.2 Å². The molecule has 0 spiro atoms. The molecule has 148 valence electrons. The van der Waals surface area contributed by atoms with Crippen molar-refractivity contribution >= 4 is 11.6 Å². The Balaban J connectivity index is 1.23. The third-order valence-corrected chi connectivity index (χ3v) is 5.58. The van der Waals surface area contributed by atoms with Gasteiger partial charge in [-0.1, -0.05) is 19.1 Å². The summed E-state index contributed by atoms with van der Waals surface area (Å²) in [5.74, 6) is 1.79. The van der Waals surface area contributed by atoms with E-state index in [4.69, 9.17) is 9.47 Å². The number of amides is 1. The predicted octanol–water partition coefficient (Wildman–Crippen LogP) is -0.100. The highest BCUT2D eigenvalue weighted by atomic mass is 16.7. The maximum absolute atomic E-state index is 12.4. The van der Waals surface area contributed by atoms with Crippen molar-refractivity contribution in [3.8, 4) is 11.5 Å². The van der Waals surface area contributed by atoms with E-state index in [-0.39, 0.29) is 5.91 Å². The molecule has 4 rings (SSSR count). The van der Waals surface area contributed by atoms with Crippen LogP contribution in [-0.4, -0.2) is 45.4 Å². The van der Waals surface area contributed by atoms with Crippen molar-refractivity contribution in [1.82, 2.24) is 0 Å². The van der Waals surface area contributed by atoms with E-state index in [1.165, 1.54) is 16.0 Å². The molecule has 2 aliphatic rings. The molecule has 0 aromatic heterocycles. The molecular weight excluding hydrogens is 354 g/mol. The van der Waals surface area contributed by atoms with E-state index in [9.17, 15) is 4.79 Å². The number of carbonyl (C=O) groups excluding carboxylic acids is 1. The summed E-state index contributed by atoms with van der Waals surface area (Å²) in [7, 11) is 0. The highest BCUT2D eigenvalue weighted by Gasteiger charge is 2.25. The van der Waals surface area contributed by atoms with Crippen LogP contribution in [0.15, 0.2) is 42.5 Å². The van der Waals surface area contributed by atoms with Crippen LogP contribution in [0.25, 0.3) is 0 Å². The summed E-state index contributed by atoms with van der Waals surface area (Å²) < 4.78 is 10.9. The van der Waals surface area contributed by atoms with Crippen LogP contribution < -0.4 is 24.6 Å². The summed E-state index contributed by atoms with van der Waals surface area (Å²) in [4.78, 5) is 15.3. The topological polar surface area (TPSA) is 56.4 Å². The number of rotatable bonds is 6. The lowest BCUT2D eigenvalue weighted by atomic mass is 10.1. The zero-order valence-corrected chi connectivity index (χ0v) is 16.4. The second-order valence-electron chi connectivity index (χ2n) is 7.64. The summed E-state index contributed by atoms with van der Waals surface area (Å²) in [6, 6.07) is 14.3. The normalized spacial score (nSPS) is 20.8. The molecule has 1 amide bonds. The number of quaternary nitrogens is 2. The second-order valence-corrected chi connectivity index (χ2v) is 7.64. The molecule has 28 heavy (non-hydrogen) atoms. The number of hydrogen-bond donors (Lipinski definition) is 3. The van der Waals surface area contributed by atoms with Gasteiger partial charge < -0.3 is 24.6 Å². The van der Waals surface area contributed by atoms with Gasteiger partial charge in [0.2, 0.25) is 6.79 Å². The molecule has 3 N–H and O–H groups in total. The van der Waals surface area contributed by atoms with Gasteiger partial charge in [-0.15, -0.1) is 0 Å². The lowest BCUT2D eigenvalue weighted by molar-refractivity contribution is -1.02. The Hall–Kier alpha value is -2.57. The first-order chi connectivity index (χ1) is 13.7. The van der Waals surface area contributed by atoms with Gasteiger partial charge in [0.1, 0.15) is 32.7 Å². The largest absolute Gasteiger partial charge is 0.454 e. The van der Waals surface area contributed by atoms with Gasteiger partial charge in [0.25, 0.3) is 5.91 Å². The highest BCUT2D eigenvalue weighted by molar-refractivity contribution is 5.91. The number of carbonyl (C=O) groups is 1. The first kappa shape index (κ1) is 18.8. The minimum atomic E-state index is 0.0995. The van der Waals surface area contributed by atoms with Crippen LogP contribution in [0.1, 0.15) is 18.1 Å². The average molecular weight is 383 g/mol. The van der Waals surface area contributed by atoms with Gasteiger partial charge >= 0.3 is 0 Å². The number of fused-ring (bicyclic) bond motifs is 1. The molecule has 2 heterocycles. The monoisotopic (exact) mass is 383 g/mol. The van der Waals surface area contributed by atoms with Gasteiger partial charge in [0, 0.05) is 11.3 Å². The number of ether oxygens (including phenoxy) is 2. The van der Waals surface area contributed by atoms with Crippen molar-refractivity contribution in [2.24, 2.45) is 0 Å². The van der Waals surface area contributed by atoms with Gasteiger partial charge in [-0.3, -0.25) is 4.79 Å². The van der Waals surface area contributed by atoms with Crippen LogP contribution in [0.3, 0.4) is 0 Å². The fraction of sp³-hybridized carbons (Fsp3) is 0.409. The third kappa shape index (κ3) is 4.64. The quantitative estimate of drug-likeness (QED) is 0.653. The molecule has 6 nitrogen and oxygen atoms in total. The molecule has 0 atom stereocenters. The summed E-state index contributed by atoms with van der Waals surface area (Å²) in [6.07, 6.45) is 0.975. The molecule has 1 fully saturated rings. The minimum absolute atomic E-state index is 0.0995. The Morgan fingerprint density at radius 3 is 2.57 bits per heavy atom. The molecule has 0 bridgehead atoms. The number of anilines is 1. The van der Waals surface area contributed by atoms with Crippen molar-refractivity contribution in [1.29, 1.82) is 0 Å². The smallest absolute Gasteiger partial charge is 0.279 e. The third-order valence-electron chi connectivity index (χ3n) is 5.58. The predicted molar refractivity (Wildman–Crippen MR) is 107 cm³/mol. The van der Waals surface area contributed by atoms with E-state index in [0.29, 0.717) is 13.3 Å². The molecule has 1 saturated heterocycles. The van der Waals surface area contributed by atoms with E-state index >= 15 is 0 Å². The lowest BCUT2D eigenvalue weighted by Gasteiger charge is -2.29. The summed E-state index contributed by atoms with van der Waals surface area (Å²) in [5.41, 5.74) is 3.41. The maximum atomic E-state index is 12.4. The fourth-order valence-corrected chi connectivity index (χ4v) is 3.95. The molecule has 0 aliphatic carbocycles. The Morgan fingerprint density at radius 1 is 0.964 bits per heavy atom. The zero-order valence-electron chi connectivity index (χ0n) is 16.4. The van der Waals surface area contributed by atoms with Crippen molar-refractivity contribution in [2.45, 2.75) is 19.9 Å². The van der Waals surface area contributed by atoms with Crippen LogP contribution >= 0.6 is 0 Å². The van der Waals surface area contributed by atoms with Crippen LogP contribution in [0.4, 0.5) is 5.69 Å². The molecule has 0 unspecified atom stereocenters. The average Bonchev–Trinajstić information content (AvgIpc) is 3.17. The molecule has 2 aromatic rings. The van der Waals surface area contributed by atoms with Crippen LogP contribution in [0.2, 0.25) is 0 Å². The molecule has 0 saturated carbocycles. The van der Waals surface area contributed by atoms with Gasteiger partial charge in [0.15, 0.2) is 18.0 Å². The van der Waals surface area contributed by atoms with Crippen molar-refractivity contribution in [2.75, 3.05) is 44.8 Å².